The lowest BCUT2D eigenvalue weighted by molar-refractivity contribution is -0.148. The van der Waals surface area contributed by atoms with Crippen LogP contribution in [0, 0.1) is 13.8 Å². The molecular weight excluding hydrogens is 271 g/mol. The second-order valence-electron chi connectivity index (χ2n) is 4.61. The summed E-state index contributed by atoms with van der Waals surface area (Å²) in [4.78, 5) is 0. The molecule has 1 aromatic carbocycles. The molecule has 7 heteroatoms. The minimum atomic E-state index is -4.59. The zero-order chi connectivity index (χ0) is 14.9. The molecule has 20 heavy (non-hydrogen) atoms. The first-order valence-electron chi connectivity index (χ1n) is 6.00. The van der Waals surface area contributed by atoms with Crippen molar-refractivity contribution >= 4 is 0 Å². The Kier molecular flexibility index (Phi) is 3.80. The lowest BCUT2D eigenvalue weighted by Crippen LogP contribution is -2.19. The molecule has 1 heterocycles. The van der Waals surface area contributed by atoms with Gasteiger partial charge in [-0.05, 0) is 19.4 Å². The van der Waals surface area contributed by atoms with Gasteiger partial charge in [-0.25, -0.2) is 0 Å². The molecule has 0 fully saturated rings. The molecule has 0 saturated heterocycles. The van der Waals surface area contributed by atoms with Crippen LogP contribution in [0.3, 0.4) is 0 Å². The van der Waals surface area contributed by atoms with E-state index in [2.05, 4.69) is 10.2 Å². The molecule has 0 saturated carbocycles. The maximum atomic E-state index is 12.8. The summed E-state index contributed by atoms with van der Waals surface area (Å²) in [6.07, 6.45) is -5.64. The molecular formula is C13H14F3N3O. The van der Waals surface area contributed by atoms with Crippen LogP contribution in [0.4, 0.5) is 13.2 Å². The number of alkyl halides is 3. The van der Waals surface area contributed by atoms with E-state index in [1.54, 1.807) is 24.3 Å². The Labute approximate surface area is 113 Å². The Morgan fingerprint density at radius 3 is 2.30 bits per heavy atom. The van der Waals surface area contributed by atoms with Gasteiger partial charge in [0.05, 0.1) is 12.6 Å². The van der Waals surface area contributed by atoms with Gasteiger partial charge in [-0.15, -0.1) is 10.2 Å². The zero-order valence-electron chi connectivity index (χ0n) is 11.0. The average molecular weight is 285 g/mol. The fourth-order valence-electron chi connectivity index (χ4n) is 1.88. The Hall–Kier alpha value is -1.89. The first-order valence-corrected chi connectivity index (χ1v) is 6.00. The number of nitrogens with zero attached hydrogens (tertiary/aromatic N) is 3. The van der Waals surface area contributed by atoms with Crippen molar-refractivity contribution in [2.24, 2.45) is 0 Å². The highest BCUT2D eigenvalue weighted by Gasteiger charge is 2.38. The van der Waals surface area contributed by atoms with E-state index in [1.165, 1.54) is 6.92 Å². The summed E-state index contributed by atoms with van der Waals surface area (Å²) >= 11 is 0. The Bertz CT molecular complexity index is 590. The van der Waals surface area contributed by atoms with Gasteiger partial charge in [0.15, 0.2) is 0 Å². The van der Waals surface area contributed by atoms with Crippen LogP contribution in [0.5, 0.6) is 0 Å². The number of aliphatic hydroxyl groups excluding tert-OH is 1. The third kappa shape index (κ3) is 2.98. The number of halogens is 3. The third-order valence-corrected chi connectivity index (χ3v) is 3.01. The van der Waals surface area contributed by atoms with E-state index in [0.29, 0.717) is 5.56 Å². The van der Waals surface area contributed by atoms with E-state index >= 15 is 0 Å². The molecule has 1 atom stereocenters. The van der Waals surface area contributed by atoms with Gasteiger partial charge in [0.25, 0.3) is 0 Å². The highest BCUT2D eigenvalue weighted by molar-refractivity contribution is 5.23. The summed E-state index contributed by atoms with van der Waals surface area (Å²) in [7, 11) is 0. The van der Waals surface area contributed by atoms with Crippen molar-refractivity contribution in [3.8, 4) is 0 Å². The lowest BCUT2D eigenvalue weighted by Gasteiger charge is -2.15. The maximum absolute atomic E-state index is 12.8. The summed E-state index contributed by atoms with van der Waals surface area (Å²) in [6, 6.07) is 6.96. The highest BCUT2D eigenvalue weighted by atomic mass is 19.4. The van der Waals surface area contributed by atoms with Crippen molar-refractivity contribution < 1.29 is 18.3 Å². The fraction of sp³-hybridized carbons (Fsp3) is 0.385. The van der Waals surface area contributed by atoms with Crippen LogP contribution in [0.2, 0.25) is 0 Å². The van der Waals surface area contributed by atoms with Crippen molar-refractivity contribution in [1.82, 2.24) is 14.8 Å². The summed E-state index contributed by atoms with van der Waals surface area (Å²) < 4.78 is 39.2. The van der Waals surface area contributed by atoms with Gasteiger partial charge in [0.1, 0.15) is 5.82 Å². The minimum Gasteiger partial charge on any atom is -0.387 e. The van der Waals surface area contributed by atoms with Crippen LogP contribution >= 0.6 is 0 Å². The first-order chi connectivity index (χ1) is 9.29. The zero-order valence-corrected chi connectivity index (χ0v) is 11.0. The molecule has 0 aliphatic rings. The molecule has 2 aromatic rings. The third-order valence-electron chi connectivity index (χ3n) is 3.01. The van der Waals surface area contributed by atoms with Crippen molar-refractivity contribution in [3.05, 3.63) is 47.0 Å². The smallest absolute Gasteiger partial charge is 0.387 e. The molecule has 0 aliphatic heterocycles. The highest BCUT2D eigenvalue weighted by Crippen LogP contribution is 2.29. The molecule has 108 valence electrons. The monoisotopic (exact) mass is 285 g/mol. The van der Waals surface area contributed by atoms with E-state index in [9.17, 15) is 18.3 Å². The van der Waals surface area contributed by atoms with E-state index in [1.807, 2.05) is 6.92 Å². The molecule has 1 unspecified atom stereocenters. The summed E-state index contributed by atoms with van der Waals surface area (Å²) in [6.45, 7) is 3.07. The van der Waals surface area contributed by atoms with Crippen molar-refractivity contribution in [3.63, 3.8) is 0 Å². The molecule has 2 rings (SSSR count). The maximum Gasteiger partial charge on any atom is 0.451 e. The van der Waals surface area contributed by atoms with Crippen LogP contribution in [-0.4, -0.2) is 19.9 Å². The van der Waals surface area contributed by atoms with Gasteiger partial charge in [0.2, 0.25) is 5.82 Å². The average Bonchev–Trinajstić information content (AvgIpc) is 2.71. The molecule has 0 bridgehead atoms. The number of aryl methyl sites for hydroxylation is 2. The van der Waals surface area contributed by atoms with Crippen LogP contribution < -0.4 is 0 Å². The number of rotatable bonds is 3. The molecule has 0 radical (unpaired) electrons. The number of hydrogen-bond donors (Lipinski definition) is 1. The lowest BCUT2D eigenvalue weighted by atomic mass is 10.1. The largest absolute Gasteiger partial charge is 0.451 e. The minimum absolute atomic E-state index is 0.114. The summed E-state index contributed by atoms with van der Waals surface area (Å²) in [5.41, 5.74) is 1.56. The SMILES string of the molecule is Cc1ccc(C(O)Cn2c(C)nnc2C(F)(F)F)cc1. The molecule has 0 spiro atoms. The second kappa shape index (κ2) is 5.24. The Morgan fingerprint density at radius 2 is 1.75 bits per heavy atom. The van der Waals surface area contributed by atoms with E-state index in [0.717, 1.165) is 10.1 Å². The number of benzene rings is 1. The Balaban J connectivity index is 2.26. The van der Waals surface area contributed by atoms with Gasteiger partial charge in [-0.3, -0.25) is 0 Å². The molecule has 0 amide bonds. The Morgan fingerprint density at radius 1 is 1.15 bits per heavy atom. The van der Waals surface area contributed by atoms with E-state index < -0.39 is 18.1 Å². The van der Waals surface area contributed by atoms with E-state index in [-0.39, 0.29) is 12.4 Å². The fourth-order valence-corrected chi connectivity index (χ4v) is 1.88. The predicted molar refractivity (Wildman–Crippen MR) is 65.9 cm³/mol. The van der Waals surface area contributed by atoms with Crippen molar-refractivity contribution in [1.29, 1.82) is 0 Å². The van der Waals surface area contributed by atoms with Crippen LogP contribution in [0.25, 0.3) is 0 Å². The summed E-state index contributed by atoms with van der Waals surface area (Å²) in [5, 5.41) is 16.6. The van der Waals surface area contributed by atoms with Gasteiger partial charge < -0.3 is 9.67 Å². The van der Waals surface area contributed by atoms with E-state index in [4.69, 9.17) is 0 Å². The number of aliphatic hydroxyl groups is 1. The van der Waals surface area contributed by atoms with Gasteiger partial charge in [-0.2, -0.15) is 13.2 Å². The predicted octanol–water partition coefficient (Wildman–Crippen LogP) is 2.65. The van der Waals surface area contributed by atoms with Gasteiger partial charge in [0, 0.05) is 0 Å². The van der Waals surface area contributed by atoms with Crippen LogP contribution in [-0.2, 0) is 12.7 Å². The quantitative estimate of drug-likeness (QED) is 0.943. The first kappa shape index (κ1) is 14.5. The number of aromatic nitrogens is 3. The molecule has 1 aromatic heterocycles. The van der Waals surface area contributed by atoms with Crippen LogP contribution in [0.1, 0.15) is 28.9 Å². The normalized spacial score (nSPS) is 13.5. The molecule has 4 nitrogen and oxygen atoms in total. The molecule has 0 aliphatic carbocycles. The summed E-state index contributed by atoms with van der Waals surface area (Å²) in [5.74, 6) is -0.982. The van der Waals surface area contributed by atoms with Crippen LogP contribution in [0.15, 0.2) is 24.3 Å². The second-order valence-corrected chi connectivity index (χ2v) is 4.61. The van der Waals surface area contributed by atoms with Crippen molar-refractivity contribution in [2.75, 3.05) is 0 Å². The molecule has 1 N–H and O–H groups in total. The van der Waals surface area contributed by atoms with Gasteiger partial charge in [-0.1, -0.05) is 29.8 Å². The standard InChI is InChI=1S/C13H14F3N3O/c1-8-3-5-10(6-4-8)11(20)7-19-9(2)17-18-12(19)13(14,15)16/h3-6,11,20H,7H2,1-2H3. The number of hydrogen-bond acceptors (Lipinski definition) is 3. The van der Waals surface area contributed by atoms with Gasteiger partial charge >= 0.3 is 6.18 Å². The van der Waals surface area contributed by atoms with Crippen molar-refractivity contribution in [2.45, 2.75) is 32.7 Å². The topological polar surface area (TPSA) is 50.9 Å².